The zero-order chi connectivity index (χ0) is 15.0. The number of benzene rings is 1. The van der Waals surface area contributed by atoms with Gasteiger partial charge in [-0.1, -0.05) is 31.3 Å². The van der Waals surface area contributed by atoms with Gasteiger partial charge in [0.2, 0.25) is 5.91 Å². The molecule has 1 aromatic carbocycles. The van der Waals surface area contributed by atoms with E-state index in [2.05, 4.69) is 10.6 Å². The van der Waals surface area contributed by atoms with E-state index in [0.717, 1.165) is 12.0 Å². The Kier molecular flexibility index (Phi) is 6.66. The molecule has 2 amide bonds. The van der Waals surface area contributed by atoms with Crippen LogP contribution < -0.4 is 16.4 Å². The average molecular weight is 293 g/mol. The second-order valence-electron chi connectivity index (χ2n) is 4.30. The fourth-order valence-electron chi connectivity index (χ4n) is 1.53. The molecule has 0 saturated carbocycles. The molecule has 0 atom stereocenters. The molecule has 0 saturated heterocycles. The lowest BCUT2D eigenvalue weighted by Gasteiger charge is -2.06. The van der Waals surface area contributed by atoms with Crippen LogP contribution in [0.4, 0.5) is 0 Å². The van der Waals surface area contributed by atoms with Crippen LogP contribution in [-0.4, -0.2) is 29.9 Å². The molecule has 5 nitrogen and oxygen atoms in total. The molecule has 0 spiro atoms. The Bertz CT molecular complexity index is 486. The van der Waals surface area contributed by atoms with Crippen molar-refractivity contribution in [2.45, 2.75) is 19.8 Å². The van der Waals surface area contributed by atoms with Gasteiger partial charge in [0.25, 0.3) is 5.91 Å². The molecule has 1 aromatic rings. The molecule has 0 bridgehead atoms. The van der Waals surface area contributed by atoms with Crippen LogP contribution in [0.1, 0.15) is 35.7 Å². The maximum absolute atomic E-state index is 11.8. The Morgan fingerprint density at radius 3 is 2.25 bits per heavy atom. The molecule has 20 heavy (non-hydrogen) atoms. The molecular weight excluding hydrogens is 274 g/mol. The van der Waals surface area contributed by atoms with Gasteiger partial charge in [-0.2, -0.15) is 0 Å². The van der Waals surface area contributed by atoms with Crippen LogP contribution in [0, 0.1) is 0 Å². The molecule has 0 unspecified atom stereocenters. The Morgan fingerprint density at radius 1 is 1.10 bits per heavy atom. The fourth-order valence-corrected chi connectivity index (χ4v) is 1.67. The van der Waals surface area contributed by atoms with E-state index >= 15 is 0 Å². The van der Waals surface area contributed by atoms with Gasteiger partial charge >= 0.3 is 0 Å². The van der Waals surface area contributed by atoms with Gasteiger partial charge in [0.05, 0.1) is 0 Å². The number of carbonyl (C=O) groups is 2. The largest absolute Gasteiger partial charge is 0.389 e. The third kappa shape index (κ3) is 5.36. The normalized spacial score (nSPS) is 9.85. The topological polar surface area (TPSA) is 84.2 Å². The summed E-state index contributed by atoms with van der Waals surface area (Å²) in [6, 6.07) is 6.71. The van der Waals surface area contributed by atoms with Crippen molar-refractivity contribution in [3.8, 4) is 0 Å². The van der Waals surface area contributed by atoms with E-state index < -0.39 is 0 Å². The molecule has 0 aliphatic carbocycles. The van der Waals surface area contributed by atoms with E-state index in [1.54, 1.807) is 24.3 Å². The van der Waals surface area contributed by atoms with Gasteiger partial charge in [0.15, 0.2) is 0 Å². The standard InChI is InChI=1S/C14H19N3O2S/c1-2-8-16-12(18)7-9-17-14(19)11-5-3-10(4-6-11)13(15)20/h3-6H,2,7-9H2,1H3,(H2,15,20)(H,16,18)(H,17,19). The summed E-state index contributed by atoms with van der Waals surface area (Å²) in [7, 11) is 0. The highest BCUT2D eigenvalue weighted by Gasteiger charge is 2.06. The molecule has 0 heterocycles. The van der Waals surface area contributed by atoms with Crippen molar-refractivity contribution in [2.75, 3.05) is 13.1 Å². The molecular formula is C14H19N3O2S. The number of amides is 2. The highest BCUT2D eigenvalue weighted by molar-refractivity contribution is 7.80. The number of hydrogen-bond donors (Lipinski definition) is 3. The van der Waals surface area contributed by atoms with Crippen LogP contribution in [0.15, 0.2) is 24.3 Å². The van der Waals surface area contributed by atoms with Gasteiger partial charge in [0.1, 0.15) is 4.99 Å². The number of thiocarbonyl (C=S) groups is 1. The van der Waals surface area contributed by atoms with Crippen LogP contribution in [0.25, 0.3) is 0 Å². The highest BCUT2D eigenvalue weighted by Crippen LogP contribution is 2.04. The summed E-state index contributed by atoms with van der Waals surface area (Å²) in [6.45, 7) is 2.96. The minimum atomic E-state index is -0.220. The van der Waals surface area contributed by atoms with Gasteiger partial charge < -0.3 is 16.4 Å². The third-order valence-electron chi connectivity index (χ3n) is 2.64. The Balaban J connectivity index is 2.39. The lowest BCUT2D eigenvalue weighted by atomic mass is 10.1. The third-order valence-corrected chi connectivity index (χ3v) is 2.88. The van der Waals surface area contributed by atoms with Gasteiger partial charge in [-0.05, 0) is 18.6 Å². The fraction of sp³-hybridized carbons (Fsp3) is 0.357. The summed E-state index contributed by atoms with van der Waals surface area (Å²) in [4.78, 5) is 23.5. The van der Waals surface area contributed by atoms with Gasteiger partial charge in [-0.3, -0.25) is 9.59 Å². The molecule has 0 aromatic heterocycles. The van der Waals surface area contributed by atoms with E-state index in [1.165, 1.54) is 0 Å². The van der Waals surface area contributed by atoms with Crippen LogP contribution in [0.5, 0.6) is 0 Å². The maximum Gasteiger partial charge on any atom is 0.251 e. The predicted molar refractivity (Wildman–Crippen MR) is 82.6 cm³/mol. The molecule has 0 radical (unpaired) electrons. The van der Waals surface area contributed by atoms with Crippen molar-refractivity contribution < 1.29 is 9.59 Å². The molecule has 1 rings (SSSR count). The molecule has 0 aliphatic rings. The van der Waals surface area contributed by atoms with Gasteiger partial charge in [-0.15, -0.1) is 0 Å². The minimum absolute atomic E-state index is 0.0593. The molecule has 108 valence electrons. The van der Waals surface area contributed by atoms with Crippen LogP contribution in [-0.2, 0) is 4.79 Å². The Labute approximate surface area is 123 Å². The van der Waals surface area contributed by atoms with E-state index in [0.29, 0.717) is 23.6 Å². The zero-order valence-electron chi connectivity index (χ0n) is 11.4. The molecule has 0 aliphatic heterocycles. The smallest absolute Gasteiger partial charge is 0.251 e. The SMILES string of the molecule is CCCNC(=O)CCNC(=O)c1ccc(C(N)=S)cc1. The summed E-state index contributed by atoms with van der Waals surface area (Å²) in [5, 5.41) is 5.44. The van der Waals surface area contributed by atoms with Crippen molar-refractivity contribution in [1.82, 2.24) is 10.6 Å². The predicted octanol–water partition coefficient (Wildman–Crippen LogP) is 0.967. The first kappa shape index (κ1) is 16.1. The second kappa shape index (κ2) is 8.27. The first-order valence-electron chi connectivity index (χ1n) is 6.49. The summed E-state index contributed by atoms with van der Waals surface area (Å²) in [5.41, 5.74) is 6.71. The van der Waals surface area contributed by atoms with Crippen LogP contribution in [0.3, 0.4) is 0 Å². The van der Waals surface area contributed by atoms with Crippen molar-refractivity contribution in [3.05, 3.63) is 35.4 Å². The summed E-state index contributed by atoms with van der Waals surface area (Å²) >= 11 is 4.84. The zero-order valence-corrected chi connectivity index (χ0v) is 12.3. The van der Waals surface area contributed by atoms with Crippen molar-refractivity contribution in [3.63, 3.8) is 0 Å². The molecule has 4 N–H and O–H groups in total. The highest BCUT2D eigenvalue weighted by atomic mass is 32.1. The van der Waals surface area contributed by atoms with Crippen molar-refractivity contribution in [2.24, 2.45) is 5.73 Å². The van der Waals surface area contributed by atoms with Gasteiger partial charge in [0, 0.05) is 30.6 Å². The van der Waals surface area contributed by atoms with Crippen molar-refractivity contribution >= 4 is 29.0 Å². The quantitative estimate of drug-likeness (QED) is 0.654. The lowest BCUT2D eigenvalue weighted by molar-refractivity contribution is -0.120. The van der Waals surface area contributed by atoms with Gasteiger partial charge in [-0.25, -0.2) is 0 Å². The van der Waals surface area contributed by atoms with E-state index in [-0.39, 0.29) is 18.2 Å². The minimum Gasteiger partial charge on any atom is -0.389 e. The van der Waals surface area contributed by atoms with E-state index in [9.17, 15) is 9.59 Å². The monoisotopic (exact) mass is 293 g/mol. The first-order valence-corrected chi connectivity index (χ1v) is 6.90. The number of rotatable bonds is 7. The Morgan fingerprint density at radius 2 is 1.70 bits per heavy atom. The average Bonchev–Trinajstić information content (AvgIpc) is 2.45. The first-order chi connectivity index (χ1) is 9.54. The van der Waals surface area contributed by atoms with Crippen LogP contribution in [0.2, 0.25) is 0 Å². The molecule has 0 fully saturated rings. The molecule has 6 heteroatoms. The number of carbonyl (C=O) groups excluding carboxylic acids is 2. The van der Waals surface area contributed by atoms with E-state index in [1.807, 2.05) is 6.92 Å². The number of nitrogens with two attached hydrogens (primary N) is 1. The van der Waals surface area contributed by atoms with E-state index in [4.69, 9.17) is 18.0 Å². The summed E-state index contributed by atoms with van der Waals surface area (Å²) in [6.07, 6.45) is 1.17. The number of hydrogen-bond acceptors (Lipinski definition) is 3. The summed E-state index contributed by atoms with van der Waals surface area (Å²) < 4.78 is 0. The van der Waals surface area contributed by atoms with Crippen LogP contribution >= 0.6 is 12.2 Å². The lowest BCUT2D eigenvalue weighted by Crippen LogP contribution is -2.31. The Hall–Kier alpha value is -1.95. The maximum atomic E-state index is 11.8. The second-order valence-corrected chi connectivity index (χ2v) is 4.74. The number of nitrogens with one attached hydrogen (secondary N) is 2. The summed E-state index contributed by atoms with van der Waals surface area (Å²) in [5.74, 6) is -0.279. The van der Waals surface area contributed by atoms with Crippen molar-refractivity contribution in [1.29, 1.82) is 0 Å².